The second-order valence-corrected chi connectivity index (χ2v) is 7.64. The summed E-state index contributed by atoms with van der Waals surface area (Å²) in [7, 11) is 0. The van der Waals surface area contributed by atoms with Gasteiger partial charge in [0.25, 0.3) is 5.91 Å². The van der Waals surface area contributed by atoms with Crippen LogP contribution in [0.2, 0.25) is 0 Å². The number of hydrogen-bond donors (Lipinski definition) is 2. The molecule has 0 aliphatic carbocycles. The molecule has 1 aromatic carbocycles. The highest BCUT2D eigenvalue weighted by Gasteiger charge is 2.23. The van der Waals surface area contributed by atoms with Crippen molar-refractivity contribution in [2.45, 2.75) is 25.3 Å². The highest BCUT2D eigenvalue weighted by molar-refractivity contribution is 9.10. The van der Waals surface area contributed by atoms with Crippen LogP contribution in [0.5, 0.6) is 5.75 Å². The van der Waals surface area contributed by atoms with Crippen molar-refractivity contribution in [3.8, 4) is 5.75 Å². The van der Waals surface area contributed by atoms with Gasteiger partial charge in [-0.1, -0.05) is 22.0 Å². The Morgan fingerprint density at radius 2 is 2.20 bits per heavy atom. The second kappa shape index (κ2) is 8.49. The highest BCUT2D eigenvalue weighted by atomic mass is 79.9. The number of carbonyl (C=O) groups is 2. The molecule has 0 spiro atoms. The van der Waals surface area contributed by atoms with Crippen LogP contribution >= 0.6 is 27.3 Å². The Balaban J connectivity index is 1.44. The minimum absolute atomic E-state index is 0.0109. The Bertz CT molecular complexity index is 749. The van der Waals surface area contributed by atoms with Gasteiger partial charge in [0.15, 0.2) is 0 Å². The number of carbonyl (C=O) groups excluding carboxylic acids is 2. The van der Waals surface area contributed by atoms with Gasteiger partial charge in [-0.2, -0.15) is 0 Å². The van der Waals surface area contributed by atoms with Gasteiger partial charge < -0.3 is 15.4 Å². The van der Waals surface area contributed by atoms with Gasteiger partial charge in [-0.25, -0.2) is 0 Å². The lowest BCUT2D eigenvalue weighted by Crippen LogP contribution is -2.32. The minimum atomic E-state index is -0.0846. The van der Waals surface area contributed by atoms with Crippen molar-refractivity contribution >= 4 is 39.1 Å². The van der Waals surface area contributed by atoms with Crippen molar-refractivity contribution in [3.05, 3.63) is 50.6 Å². The molecule has 0 fully saturated rings. The predicted octanol–water partition coefficient (Wildman–Crippen LogP) is 3.66. The summed E-state index contributed by atoms with van der Waals surface area (Å²) >= 11 is 4.86. The number of hydrogen-bond acceptors (Lipinski definition) is 4. The van der Waals surface area contributed by atoms with Gasteiger partial charge in [-0.15, -0.1) is 11.3 Å². The molecule has 2 amide bonds. The number of nitrogens with one attached hydrogen (secondary N) is 2. The van der Waals surface area contributed by atoms with E-state index in [0.717, 1.165) is 22.2 Å². The van der Waals surface area contributed by atoms with Crippen LogP contribution in [-0.2, 0) is 4.79 Å². The van der Waals surface area contributed by atoms with Gasteiger partial charge in [0.05, 0.1) is 17.5 Å². The summed E-state index contributed by atoms with van der Waals surface area (Å²) in [6.45, 7) is 1.08. The number of fused-ring (bicyclic) bond motifs is 1. The van der Waals surface area contributed by atoms with Crippen molar-refractivity contribution in [3.63, 3.8) is 0 Å². The number of ether oxygens (including phenoxy) is 1. The Hall–Kier alpha value is -1.86. The Morgan fingerprint density at radius 3 is 3.00 bits per heavy atom. The summed E-state index contributed by atoms with van der Waals surface area (Å²) in [5, 5.41) is 7.77. The number of amides is 2. The summed E-state index contributed by atoms with van der Waals surface area (Å²) in [5.41, 5.74) is 1.000. The summed E-state index contributed by atoms with van der Waals surface area (Å²) < 4.78 is 6.60. The lowest BCUT2D eigenvalue weighted by Gasteiger charge is -2.27. The zero-order chi connectivity index (χ0) is 17.6. The van der Waals surface area contributed by atoms with Crippen LogP contribution in [0.1, 0.15) is 40.5 Å². The Kier molecular flexibility index (Phi) is 6.09. The van der Waals surface area contributed by atoms with Gasteiger partial charge in [0, 0.05) is 29.4 Å². The van der Waals surface area contributed by atoms with Crippen molar-refractivity contribution in [2.75, 3.05) is 13.2 Å². The van der Waals surface area contributed by atoms with Crippen LogP contribution in [0.15, 0.2) is 40.2 Å². The fraction of sp³-hybridized carbons (Fsp3) is 0.333. The summed E-state index contributed by atoms with van der Waals surface area (Å²) in [6.07, 6.45) is 1.74. The standard InChI is InChI=1S/C18H19BrN2O3S/c19-12-5-6-15-13(11-12)14(7-9-24-15)21-17(22)4-1-8-20-18(23)16-3-2-10-25-16/h2-3,5-6,10-11,14H,1,4,7-9H2,(H,20,23)(H,21,22). The normalized spacial score (nSPS) is 15.8. The maximum absolute atomic E-state index is 12.2. The fourth-order valence-electron chi connectivity index (χ4n) is 2.73. The van der Waals surface area contributed by atoms with E-state index in [-0.39, 0.29) is 17.9 Å². The average molecular weight is 423 g/mol. The van der Waals surface area contributed by atoms with E-state index in [1.54, 1.807) is 6.07 Å². The quantitative estimate of drug-likeness (QED) is 0.697. The molecule has 1 aromatic heterocycles. The topological polar surface area (TPSA) is 67.4 Å². The van der Waals surface area contributed by atoms with Crippen LogP contribution in [-0.4, -0.2) is 25.0 Å². The predicted molar refractivity (Wildman–Crippen MR) is 101 cm³/mol. The number of rotatable bonds is 6. The molecule has 0 bridgehead atoms. The molecule has 1 unspecified atom stereocenters. The van der Waals surface area contributed by atoms with Gasteiger partial charge in [0.2, 0.25) is 5.91 Å². The van der Waals surface area contributed by atoms with Crippen molar-refractivity contribution in [2.24, 2.45) is 0 Å². The van der Waals surface area contributed by atoms with E-state index < -0.39 is 0 Å². The number of thiophene rings is 1. The molecule has 1 atom stereocenters. The third-order valence-corrected chi connectivity index (χ3v) is 5.32. The first-order valence-corrected chi connectivity index (χ1v) is 9.84. The molecule has 5 nitrogen and oxygen atoms in total. The molecule has 1 aliphatic rings. The maximum Gasteiger partial charge on any atom is 0.261 e. The molecule has 2 aromatic rings. The molecule has 7 heteroatoms. The molecular weight excluding hydrogens is 404 g/mol. The van der Waals surface area contributed by atoms with Crippen LogP contribution in [0, 0.1) is 0 Å². The number of halogens is 1. The number of benzene rings is 1. The molecule has 2 N–H and O–H groups in total. The molecule has 0 saturated heterocycles. The van der Waals surface area contributed by atoms with Gasteiger partial charge in [-0.05, 0) is 36.1 Å². The van der Waals surface area contributed by atoms with E-state index in [2.05, 4.69) is 26.6 Å². The van der Waals surface area contributed by atoms with E-state index in [0.29, 0.717) is 30.9 Å². The van der Waals surface area contributed by atoms with Gasteiger partial charge in [-0.3, -0.25) is 9.59 Å². The first-order valence-electron chi connectivity index (χ1n) is 8.17. The molecule has 3 rings (SSSR count). The van der Waals surface area contributed by atoms with E-state index in [4.69, 9.17) is 4.74 Å². The molecule has 25 heavy (non-hydrogen) atoms. The first-order chi connectivity index (χ1) is 12.1. The largest absolute Gasteiger partial charge is 0.493 e. The van der Waals surface area contributed by atoms with E-state index >= 15 is 0 Å². The molecule has 0 saturated carbocycles. The van der Waals surface area contributed by atoms with Crippen molar-refractivity contribution < 1.29 is 14.3 Å². The van der Waals surface area contributed by atoms with Gasteiger partial charge in [0.1, 0.15) is 5.75 Å². The smallest absolute Gasteiger partial charge is 0.261 e. The second-order valence-electron chi connectivity index (χ2n) is 5.78. The summed E-state index contributed by atoms with van der Waals surface area (Å²) in [5.74, 6) is 0.727. The molecule has 1 aliphatic heterocycles. The summed E-state index contributed by atoms with van der Waals surface area (Å²) in [4.78, 5) is 24.7. The maximum atomic E-state index is 12.2. The fourth-order valence-corrected chi connectivity index (χ4v) is 3.75. The summed E-state index contributed by atoms with van der Waals surface area (Å²) in [6, 6.07) is 9.43. The molecular formula is C18H19BrN2O3S. The van der Waals surface area contributed by atoms with Crippen molar-refractivity contribution in [1.82, 2.24) is 10.6 Å². The van der Waals surface area contributed by atoms with E-state index in [9.17, 15) is 9.59 Å². The zero-order valence-corrected chi connectivity index (χ0v) is 16.0. The van der Waals surface area contributed by atoms with Crippen LogP contribution in [0.4, 0.5) is 0 Å². The Morgan fingerprint density at radius 1 is 1.32 bits per heavy atom. The molecule has 2 heterocycles. The van der Waals surface area contributed by atoms with E-state index in [1.165, 1.54) is 11.3 Å². The van der Waals surface area contributed by atoms with Crippen LogP contribution in [0.3, 0.4) is 0 Å². The van der Waals surface area contributed by atoms with Crippen LogP contribution in [0.25, 0.3) is 0 Å². The van der Waals surface area contributed by atoms with Crippen molar-refractivity contribution in [1.29, 1.82) is 0 Å². The highest BCUT2D eigenvalue weighted by Crippen LogP contribution is 2.34. The van der Waals surface area contributed by atoms with Crippen LogP contribution < -0.4 is 15.4 Å². The molecule has 132 valence electrons. The SMILES string of the molecule is O=C(CCCNC(=O)c1cccs1)NC1CCOc2ccc(Br)cc21. The average Bonchev–Trinajstić information content (AvgIpc) is 3.14. The van der Waals surface area contributed by atoms with Gasteiger partial charge >= 0.3 is 0 Å². The molecule has 0 radical (unpaired) electrons. The monoisotopic (exact) mass is 422 g/mol. The first kappa shape index (κ1) is 17.9. The minimum Gasteiger partial charge on any atom is -0.493 e. The lowest BCUT2D eigenvalue weighted by atomic mass is 10.0. The van der Waals surface area contributed by atoms with E-state index in [1.807, 2.05) is 29.6 Å². The zero-order valence-electron chi connectivity index (χ0n) is 13.6. The Labute approximate surface area is 158 Å². The third-order valence-electron chi connectivity index (χ3n) is 3.96. The lowest BCUT2D eigenvalue weighted by molar-refractivity contribution is -0.122. The third kappa shape index (κ3) is 4.83.